The molecule has 0 amide bonds. The van der Waals surface area contributed by atoms with E-state index >= 15 is 0 Å². The number of hydrogen-bond donors (Lipinski definition) is 0. The maximum atomic E-state index is 8.42. The van der Waals surface area contributed by atoms with Gasteiger partial charge in [-0.05, 0) is 42.7 Å². The highest BCUT2D eigenvalue weighted by atomic mass is 79.9. The summed E-state index contributed by atoms with van der Waals surface area (Å²) in [6.07, 6.45) is 4.37. The maximum absolute atomic E-state index is 8.42. The first-order valence-corrected chi connectivity index (χ1v) is 5.24. The topological polar surface area (TPSA) is 23.8 Å². The van der Waals surface area contributed by atoms with Crippen LogP contribution in [0.5, 0.6) is 0 Å². The van der Waals surface area contributed by atoms with Gasteiger partial charge in [0.05, 0.1) is 12.5 Å². The molecule has 0 spiro atoms. The second-order valence-corrected chi connectivity index (χ2v) is 4.13. The predicted octanol–water partition coefficient (Wildman–Crippen LogP) is 3.99. The molecule has 2 heteroatoms. The Morgan fingerprint density at radius 2 is 1.93 bits per heavy atom. The van der Waals surface area contributed by atoms with E-state index in [9.17, 15) is 0 Å². The molecule has 0 fully saturated rings. The lowest BCUT2D eigenvalue weighted by Gasteiger charge is -2.05. The molecule has 0 aromatic heterocycles. The van der Waals surface area contributed by atoms with E-state index < -0.39 is 0 Å². The highest BCUT2D eigenvalue weighted by Crippen LogP contribution is 2.21. The van der Waals surface area contributed by atoms with E-state index in [0.29, 0.717) is 6.42 Å². The number of nitrogens with zero attached hydrogens (tertiary/aromatic N) is 1. The Labute approximate surface area is 93.2 Å². The number of benzene rings is 1. The van der Waals surface area contributed by atoms with Crippen molar-refractivity contribution in [1.82, 2.24) is 0 Å². The predicted molar refractivity (Wildman–Crippen MR) is 62.9 cm³/mol. The monoisotopic (exact) mass is 249 g/mol. The van der Waals surface area contributed by atoms with Crippen molar-refractivity contribution in [2.45, 2.75) is 20.3 Å². The first-order chi connectivity index (χ1) is 6.65. The van der Waals surface area contributed by atoms with Crippen LogP contribution in [0.3, 0.4) is 0 Å². The summed E-state index contributed by atoms with van der Waals surface area (Å²) >= 11 is 3.45. The van der Waals surface area contributed by atoms with Gasteiger partial charge in [-0.2, -0.15) is 5.26 Å². The van der Waals surface area contributed by atoms with Crippen LogP contribution in [0.25, 0.3) is 6.08 Å². The second-order valence-electron chi connectivity index (χ2n) is 3.22. The Kier molecular flexibility index (Phi) is 3.91. The Balaban J connectivity index is 3.04. The van der Waals surface area contributed by atoms with Gasteiger partial charge < -0.3 is 0 Å². The zero-order valence-corrected chi connectivity index (χ0v) is 9.93. The van der Waals surface area contributed by atoms with Crippen LogP contribution >= 0.6 is 15.9 Å². The molecule has 0 aliphatic heterocycles. The minimum Gasteiger partial charge on any atom is -0.198 e. The van der Waals surface area contributed by atoms with Crippen LogP contribution in [0.2, 0.25) is 0 Å². The van der Waals surface area contributed by atoms with E-state index in [4.69, 9.17) is 5.26 Å². The fourth-order valence-corrected chi connectivity index (χ4v) is 2.10. The molecule has 14 heavy (non-hydrogen) atoms. The van der Waals surface area contributed by atoms with Crippen molar-refractivity contribution in [2.24, 2.45) is 0 Å². The fourth-order valence-electron chi connectivity index (χ4n) is 1.41. The number of aryl methyl sites for hydroxylation is 2. The lowest BCUT2D eigenvalue weighted by molar-refractivity contribution is 1.32. The van der Waals surface area contributed by atoms with Crippen LogP contribution in [0.15, 0.2) is 22.7 Å². The van der Waals surface area contributed by atoms with E-state index in [1.807, 2.05) is 12.2 Å². The molecule has 1 aromatic carbocycles. The first kappa shape index (κ1) is 11.0. The van der Waals surface area contributed by atoms with Gasteiger partial charge >= 0.3 is 0 Å². The van der Waals surface area contributed by atoms with Crippen LogP contribution < -0.4 is 0 Å². The third kappa shape index (κ3) is 2.71. The molecule has 0 saturated heterocycles. The quantitative estimate of drug-likeness (QED) is 0.778. The third-order valence-corrected chi connectivity index (χ3v) is 2.51. The van der Waals surface area contributed by atoms with E-state index in [1.165, 1.54) is 16.7 Å². The summed E-state index contributed by atoms with van der Waals surface area (Å²) < 4.78 is 1.10. The van der Waals surface area contributed by atoms with Gasteiger partial charge in [0, 0.05) is 4.47 Å². The summed E-state index contributed by atoms with van der Waals surface area (Å²) in [6, 6.07) is 6.26. The Morgan fingerprint density at radius 1 is 1.36 bits per heavy atom. The maximum Gasteiger partial charge on any atom is 0.0663 e. The van der Waals surface area contributed by atoms with Gasteiger partial charge in [-0.25, -0.2) is 0 Å². The smallest absolute Gasteiger partial charge is 0.0663 e. The van der Waals surface area contributed by atoms with Crippen molar-refractivity contribution >= 4 is 22.0 Å². The summed E-state index contributed by atoms with van der Waals surface area (Å²) in [5.74, 6) is 0. The number of nitriles is 1. The highest BCUT2D eigenvalue weighted by molar-refractivity contribution is 9.10. The van der Waals surface area contributed by atoms with Crippen LogP contribution in [0, 0.1) is 25.2 Å². The summed E-state index contributed by atoms with van der Waals surface area (Å²) in [5.41, 5.74) is 3.67. The minimum absolute atomic E-state index is 0.467. The molecular weight excluding hydrogens is 238 g/mol. The van der Waals surface area contributed by atoms with Crippen molar-refractivity contribution < 1.29 is 0 Å². The molecular formula is C12H12BrN. The van der Waals surface area contributed by atoms with E-state index in [1.54, 1.807) is 0 Å². The molecule has 0 heterocycles. The number of rotatable bonds is 2. The summed E-state index contributed by atoms with van der Waals surface area (Å²) in [7, 11) is 0. The van der Waals surface area contributed by atoms with Gasteiger partial charge in [0.2, 0.25) is 0 Å². The molecule has 1 rings (SSSR count). The van der Waals surface area contributed by atoms with Gasteiger partial charge in [-0.3, -0.25) is 0 Å². The average molecular weight is 250 g/mol. The normalized spacial score (nSPS) is 10.4. The molecule has 1 nitrogen and oxygen atoms in total. The van der Waals surface area contributed by atoms with Crippen molar-refractivity contribution in [3.8, 4) is 6.07 Å². The number of allylic oxidation sites excluding steroid dienone is 1. The van der Waals surface area contributed by atoms with Crippen molar-refractivity contribution in [3.05, 3.63) is 39.4 Å². The molecule has 0 radical (unpaired) electrons. The fraction of sp³-hybridized carbons (Fsp3) is 0.250. The second kappa shape index (κ2) is 4.97. The van der Waals surface area contributed by atoms with Crippen LogP contribution in [-0.4, -0.2) is 0 Å². The van der Waals surface area contributed by atoms with Crippen LogP contribution in [0.1, 0.15) is 23.1 Å². The molecule has 0 unspecified atom stereocenters. The van der Waals surface area contributed by atoms with Gasteiger partial charge in [-0.15, -0.1) is 0 Å². The minimum atomic E-state index is 0.467. The van der Waals surface area contributed by atoms with Crippen molar-refractivity contribution in [3.63, 3.8) is 0 Å². The van der Waals surface area contributed by atoms with Gasteiger partial charge in [0.25, 0.3) is 0 Å². The van der Waals surface area contributed by atoms with Gasteiger partial charge in [-0.1, -0.05) is 28.1 Å². The summed E-state index contributed by atoms with van der Waals surface area (Å²) in [4.78, 5) is 0. The molecule has 1 aromatic rings. The van der Waals surface area contributed by atoms with Crippen molar-refractivity contribution in [2.75, 3.05) is 0 Å². The zero-order valence-electron chi connectivity index (χ0n) is 8.34. The molecule has 72 valence electrons. The average Bonchev–Trinajstić information content (AvgIpc) is 2.09. The molecule has 0 aliphatic rings. The molecule has 0 saturated carbocycles. The molecule has 0 bridgehead atoms. The zero-order chi connectivity index (χ0) is 10.6. The van der Waals surface area contributed by atoms with E-state index in [0.717, 1.165) is 4.47 Å². The summed E-state index contributed by atoms with van der Waals surface area (Å²) in [5, 5.41) is 8.42. The Hall–Kier alpha value is -1.07. The standard InChI is InChI=1S/C12H12BrN/c1-9-7-11(13)8-10(2)12(9)5-3-4-6-14/h3,5,7-8H,4H2,1-2H3. The molecule has 0 atom stereocenters. The third-order valence-electron chi connectivity index (χ3n) is 2.05. The lowest BCUT2D eigenvalue weighted by Crippen LogP contribution is -1.86. The SMILES string of the molecule is Cc1cc(Br)cc(C)c1C=CCC#N. The first-order valence-electron chi connectivity index (χ1n) is 4.45. The lowest BCUT2D eigenvalue weighted by atomic mass is 10.0. The summed E-state index contributed by atoms with van der Waals surface area (Å²) in [6.45, 7) is 4.15. The van der Waals surface area contributed by atoms with Gasteiger partial charge in [0.1, 0.15) is 0 Å². The Bertz CT molecular complexity index is 376. The van der Waals surface area contributed by atoms with E-state index in [-0.39, 0.29) is 0 Å². The van der Waals surface area contributed by atoms with Crippen LogP contribution in [-0.2, 0) is 0 Å². The molecule has 0 N–H and O–H groups in total. The molecule has 0 aliphatic carbocycles. The van der Waals surface area contributed by atoms with Gasteiger partial charge in [0.15, 0.2) is 0 Å². The number of halogens is 1. The number of hydrogen-bond acceptors (Lipinski definition) is 1. The highest BCUT2D eigenvalue weighted by Gasteiger charge is 2.00. The Morgan fingerprint density at radius 3 is 2.43 bits per heavy atom. The largest absolute Gasteiger partial charge is 0.198 e. The van der Waals surface area contributed by atoms with E-state index in [2.05, 4.69) is 48.0 Å². The van der Waals surface area contributed by atoms with Crippen LogP contribution in [0.4, 0.5) is 0 Å². The van der Waals surface area contributed by atoms with Crippen molar-refractivity contribution in [1.29, 1.82) is 5.26 Å².